The zero-order valence-electron chi connectivity index (χ0n) is 20.9. The Hall–Kier alpha value is -4.16. The first kappa shape index (κ1) is 23.3. The van der Waals surface area contributed by atoms with Gasteiger partial charge in [0.15, 0.2) is 10.8 Å². The number of hydrazone groups is 2. The summed E-state index contributed by atoms with van der Waals surface area (Å²) in [6.45, 7) is 5.79. The van der Waals surface area contributed by atoms with Crippen molar-refractivity contribution >= 4 is 39.7 Å². The second-order valence-electron chi connectivity index (χ2n) is 9.28. The maximum atomic E-state index is 12.7. The fourth-order valence-corrected chi connectivity index (χ4v) is 6.19. The molecular weight excluding hydrogens is 476 g/mol. The van der Waals surface area contributed by atoms with Gasteiger partial charge in [0, 0.05) is 23.6 Å². The lowest BCUT2D eigenvalue weighted by Gasteiger charge is -2.47. The molecule has 0 unspecified atom stereocenters. The van der Waals surface area contributed by atoms with Gasteiger partial charge in [0.2, 0.25) is 4.99 Å². The van der Waals surface area contributed by atoms with Crippen LogP contribution in [0.1, 0.15) is 34.7 Å². The molecule has 182 valence electrons. The SMILES string of the molecule is CC(=O)C1=NN(c2ccccc2)[C@@]2(S1)c1ccccc1C(c1cc(C)ccc1C)=NN2c1ccccc1. The molecule has 2 heterocycles. The number of rotatable bonds is 4. The average Bonchev–Trinajstić information content (AvgIpc) is 3.33. The summed E-state index contributed by atoms with van der Waals surface area (Å²) in [5, 5.41) is 14.7. The summed E-state index contributed by atoms with van der Waals surface area (Å²) in [6, 6.07) is 34.9. The van der Waals surface area contributed by atoms with Crippen molar-refractivity contribution in [3.05, 3.63) is 131 Å². The normalized spacial score (nSPS) is 18.5. The van der Waals surface area contributed by atoms with E-state index in [1.165, 1.54) is 17.3 Å². The number of anilines is 2. The molecule has 1 spiro atoms. The zero-order chi connectivity index (χ0) is 25.6. The van der Waals surface area contributed by atoms with Crippen LogP contribution in [0.4, 0.5) is 11.4 Å². The number of Topliss-reactive ketones (excluding diaryl/α,β-unsaturated/α-hetero) is 1. The Morgan fingerprint density at radius 3 is 1.97 bits per heavy atom. The highest BCUT2D eigenvalue weighted by molar-refractivity contribution is 8.17. The highest BCUT2D eigenvalue weighted by Gasteiger charge is 2.55. The summed E-state index contributed by atoms with van der Waals surface area (Å²) in [5.41, 5.74) is 8.16. The van der Waals surface area contributed by atoms with E-state index in [1.54, 1.807) is 6.92 Å². The summed E-state index contributed by atoms with van der Waals surface area (Å²) in [5.74, 6) is -0.0717. The first-order chi connectivity index (χ1) is 18.0. The minimum Gasteiger partial charge on any atom is -0.292 e. The van der Waals surface area contributed by atoms with Crippen LogP contribution in [0.3, 0.4) is 0 Å². The Morgan fingerprint density at radius 1 is 0.730 bits per heavy atom. The van der Waals surface area contributed by atoms with E-state index >= 15 is 0 Å². The quantitative estimate of drug-likeness (QED) is 0.306. The maximum absolute atomic E-state index is 12.7. The standard InChI is InChI=1S/C31H26N4OS/c1-21-18-19-22(2)27(20-21)29-26-16-10-11-17-28(26)31(34(32-29)24-12-6-4-7-13-24)35(25-14-8-5-9-15-25)33-30(37-31)23(3)36/h4-20H,1-3H3/t31-/m1/s1. The van der Waals surface area contributed by atoms with Crippen LogP contribution in [0.15, 0.2) is 113 Å². The predicted octanol–water partition coefficient (Wildman–Crippen LogP) is 6.84. The lowest BCUT2D eigenvalue weighted by molar-refractivity contribution is -0.110. The van der Waals surface area contributed by atoms with Crippen LogP contribution in [0.5, 0.6) is 0 Å². The third-order valence-corrected chi connectivity index (χ3v) is 8.10. The first-order valence-corrected chi connectivity index (χ1v) is 13.1. The van der Waals surface area contributed by atoms with Gasteiger partial charge in [-0.1, -0.05) is 78.4 Å². The van der Waals surface area contributed by atoms with Crippen molar-refractivity contribution in [3.8, 4) is 0 Å². The lowest BCUT2D eigenvalue weighted by Crippen LogP contribution is -2.54. The van der Waals surface area contributed by atoms with Crippen molar-refractivity contribution in [2.45, 2.75) is 25.8 Å². The number of benzene rings is 4. The van der Waals surface area contributed by atoms with Gasteiger partial charge in [0.25, 0.3) is 0 Å². The molecule has 0 bridgehead atoms. The molecule has 2 aliphatic rings. The van der Waals surface area contributed by atoms with Crippen molar-refractivity contribution < 1.29 is 4.79 Å². The highest BCUT2D eigenvalue weighted by Crippen LogP contribution is 2.55. The number of ketones is 1. The molecule has 1 atom stereocenters. The molecule has 0 radical (unpaired) electrons. The van der Waals surface area contributed by atoms with E-state index in [0.717, 1.165) is 39.3 Å². The third kappa shape index (κ3) is 3.76. The minimum absolute atomic E-state index is 0.0717. The van der Waals surface area contributed by atoms with Crippen molar-refractivity contribution in [1.82, 2.24) is 0 Å². The third-order valence-electron chi connectivity index (χ3n) is 6.69. The number of nitrogens with zero attached hydrogens (tertiary/aromatic N) is 4. The number of carbonyl (C=O) groups is 1. The van der Waals surface area contributed by atoms with Gasteiger partial charge >= 0.3 is 0 Å². The van der Waals surface area contributed by atoms with Crippen molar-refractivity contribution in [2.75, 3.05) is 10.0 Å². The summed E-state index contributed by atoms with van der Waals surface area (Å²) >= 11 is 1.44. The highest BCUT2D eigenvalue weighted by atomic mass is 32.2. The number of hydrogen-bond donors (Lipinski definition) is 0. The van der Waals surface area contributed by atoms with Gasteiger partial charge in [-0.05, 0) is 61.5 Å². The van der Waals surface area contributed by atoms with E-state index in [2.05, 4.69) is 56.3 Å². The Labute approximate surface area is 221 Å². The molecule has 2 aliphatic heterocycles. The van der Waals surface area contributed by atoms with Crippen LogP contribution in [0, 0.1) is 13.8 Å². The van der Waals surface area contributed by atoms with E-state index in [0.29, 0.717) is 5.04 Å². The van der Waals surface area contributed by atoms with Crippen LogP contribution in [-0.2, 0) is 9.79 Å². The van der Waals surface area contributed by atoms with Gasteiger partial charge in [-0.25, -0.2) is 10.0 Å². The molecule has 4 aromatic rings. The second-order valence-corrected chi connectivity index (χ2v) is 10.4. The smallest absolute Gasteiger partial charge is 0.234 e. The molecule has 0 N–H and O–H groups in total. The van der Waals surface area contributed by atoms with Gasteiger partial charge in [-0.2, -0.15) is 10.2 Å². The van der Waals surface area contributed by atoms with E-state index in [4.69, 9.17) is 10.2 Å². The largest absolute Gasteiger partial charge is 0.292 e. The van der Waals surface area contributed by atoms with Gasteiger partial charge in [-0.3, -0.25) is 4.79 Å². The number of carbonyl (C=O) groups excluding carboxylic acids is 1. The second kappa shape index (κ2) is 9.05. The predicted molar refractivity (Wildman–Crippen MR) is 153 cm³/mol. The number of hydrogen-bond acceptors (Lipinski definition) is 6. The van der Waals surface area contributed by atoms with E-state index in [1.807, 2.05) is 70.7 Å². The number of aryl methyl sites for hydroxylation is 2. The fourth-order valence-electron chi connectivity index (χ4n) is 4.90. The van der Waals surface area contributed by atoms with Crippen molar-refractivity contribution in [1.29, 1.82) is 0 Å². The molecule has 0 aliphatic carbocycles. The van der Waals surface area contributed by atoms with Crippen LogP contribution in [-0.4, -0.2) is 16.5 Å². The summed E-state index contributed by atoms with van der Waals surface area (Å²) in [7, 11) is 0. The molecule has 0 saturated heterocycles. The number of thioether (sulfide) groups is 1. The van der Waals surface area contributed by atoms with Gasteiger partial charge in [0.05, 0.1) is 17.1 Å². The Kier molecular flexibility index (Phi) is 5.69. The lowest BCUT2D eigenvalue weighted by atomic mass is 9.90. The summed E-state index contributed by atoms with van der Waals surface area (Å²) in [6.07, 6.45) is 0. The average molecular weight is 503 g/mol. The minimum atomic E-state index is -0.929. The summed E-state index contributed by atoms with van der Waals surface area (Å²) < 4.78 is 0. The number of para-hydroxylation sites is 2. The molecule has 0 aromatic heterocycles. The van der Waals surface area contributed by atoms with E-state index in [9.17, 15) is 4.79 Å². The molecule has 5 nitrogen and oxygen atoms in total. The molecule has 6 heteroatoms. The zero-order valence-corrected chi connectivity index (χ0v) is 21.7. The molecule has 4 aromatic carbocycles. The molecule has 0 fully saturated rings. The van der Waals surface area contributed by atoms with Crippen molar-refractivity contribution in [2.24, 2.45) is 10.2 Å². The molecule has 37 heavy (non-hydrogen) atoms. The van der Waals surface area contributed by atoms with Crippen LogP contribution in [0.25, 0.3) is 0 Å². The van der Waals surface area contributed by atoms with E-state index < -0.39 is 4.99 Å². The topological polar surface area (TPSA) is 48.3 Å². The Morgan fingerprint density at radius 2 is 1.32 bits per heavy atom. The fraction of sp³-hybridized carbons (Fsp3) is 0.129. The molecule has 0 amide bonds. The van der Waals surface area contributed by atoms with Gasteiger partial charge in [-0.15, -0.1) is 0 Å². The summed E-state index contributed by atoms with van der Waals surface area (Å²) in [4.78, 5) is 11.8. The molecular formula is C31H26N4OS. The maximum Gasteiger partial charge on any atom is 0.234 e. The molecule has 6 rings (SSSR count). The van der Waals surface area contributed by atoms with Crippen LogP contribution < -0.4 is 10.0 Å². The van der Waals surface area contributed by atoms with Crippen LogP contribution in [0.2, 0.25) is 0 Å². The molecule has 0 saturated carbocycles. The first-order valence-electron chi connectivity index (χ1n) is 12.2. The Balaban J connectivity index is 1.68. The Bertz CT molecular complexity index is 1560. The van der Waals surface area contributed by atoms with Crippen molar-refractivity contribution in [3.63, 3.8) is 0 Å². The van der Waals surface area contributed by atoms with Gasteiger partial charge in [0.1, 0.15) is 0 Å². The monoisotopic (exact) mass is 502 g/mol. The van der Waals surface area contributed by atoms with E-state index in [-0.39, 0.29) is 5.78 Å². The van der Waals surface area contributed by atoms with Gasteiger partial charge < -0.3 is 0 Å². The van der Waals surface area contributed by atoms with Crippen LogP contribution >= 0.6 is 11.8 Å². The number of fused-ring (bicyclic) bond motifs is 2.